The fourth-order valence-electron chi connectivity index (χ4n) is 1.61. The Morgan fingerprint density at radius 3 is 2.69 bits per heavy atom. The first-order valence-corrected chi connectivity index (χ1v) is 5.17. The summed E-state index contributed by atoms with van der Waals surface area (Å²) in [5.41, 5.74) is 0.954. The van der Waals surface area contributed by atoms with Crippen molar-refractivity contribution in [1.82, 2.24) is 0 Å². The van der Waals surface area contributed by atoms with Crippen molar-refractivity contribution in [2.75, 3.05) is 18.1 Å². The second-order valence-corrected chi connectivity index (χ2v) is 3.78. The molecule has 4 heteroatoms. The molecule has 0 aliphatic heterocycles. The van der Waals surface area contributed by atoms with Crippen molar-refractivity contribution in [2.45, 2.75) is 19.9 Å². The summed E-state index contributed by atoms with van der Waals surface area (Å²) in [5.74, 6) is -0.423. The van der Waals surface area contributed by atoms with Crippen molar-refractivity contribution < 1.29 is 9.50 Å². The maximum atomic E-state index is 13.0. The normalized spacial score (nSPS) is 10.2. The molecule has 86 valence electrons. The number of rotatable bonds is 4. The third-order valence-corrected chi connectivity index (χ3v) is 2.35. The number of hydrogen-bond acceptors (Lipinski definition) is 3. The smallest absolute Gasteiger partial charge is 0.124 e. The molecular formula is C12H15FN2O. The van der Waals surface area contributed by atoms with E-state index in [1.54, 1.807) is 6.07 Å². The molecule has 16 heavy (non-hydrogen) atoms. The van der Waals surface area contributed by atoms with Crippen molar-refractivity contribution in [3.05, 3.63) is 29.6 Å². The van der Waals surface area contributed by atoms with E-state index in [-0.39, 0.29) is 12.6 Å². The van der Waals surface area contributed by atoms with Crippen LogP contribution < -0.4 is 4.90 Å². The van der Waals surface area contributed by atoms with Crippen molar-refractivity contribution in [1.29, 1.82) is 5.26 Å². The van der Waals surface area contributed by atoms with E-state index < -0.39 is 5.82 Å². The van der Waals surface area contributed by atoms with E-state index in [4.69, 9.17) is 10.4 Å². The van der Waals surface area contributed by atoms with Gasteiger partial charge in [-0.3, -0.25) is 0 Å². The van der Waals surface area contributed by atoms with Crippen molar-refractivity contribution >= 4 is 5.69 Å². The third kappa shape index (κ3) is 2.71. The average Bonchev–Trinajstić information content (AvgIpc) is 2.26. The molecule has 0 fully saturated rings. The first-order valence-electron chi connectivity index (χ1n) is 5.17. The molecule has 0 aliphatic carbocycles. The van der Waals surface area contributed by atoms with E-state index in [1.807, 2.05) is 24.8 Å². The summed E-state index contributed by atoms with van der Waals surface area (Å²) in [5, 5.41) is 17.9. The van der Waals surface area contributed by atoms with E-state index >= 15 is 0 Å². The van der Waals surface area contributed by atoms with Gasteiger partial charge in [0.05, 0.1) is 17.9 Å². The maximum absolute atomic E-state index is 13.0. The second kappa shape index (κ2) is 5.47. The highest BCUT2D eigenvalue weighted by Gasteiger charge is 2.14. The van der Waals surface area contributed by atoms with Crippen molar-refractivity contribution in [3.8, 4) is 6.07 Å². The fourth-order valence-corrected chi connectivity index (χ4v) is 1.61. The van der Waals surface area contributed by atoms with Crippen LogP contribution in [0.5, 0.6) is 0 Å². The highest BCUT2D eigenvalue weighted by atomic mass is 19.1. The Kier molecular flexibility index (Phi) is 4.27. The lowest BCUT2D eigenvalue weighted by Crippen LogP contribution is -2.34. The van der Waals surface area contributed by atoms with Crippen LogP contribution in [0.4, 0.5) is 10.1 Å². The molecule has 1 aromatic carbocycles. The van der Waals surface area contributed by atoms with Crippen LogP contribution in [-0.2, 0) is 0 Å². The number of benzene rings is 1. The van der Waals surface area contributed by atoms with Crippen molar-refractivity contribution in [3.63, 3.8) is 0 Å². The SMILES string of the molecule is CC(C)N(CCO)c1ccc(F)cc1C#N. The molecule has 3 nitrogen and oxygen atoms in total. The Morgan fingerprint density at radius 1 is 1.50 bits per heavy atom. The molecular weight excluding hydrogens is 207 g/mol. The monoisotopic (exact) mass is 222 g/mol. The summed E-state index contributed by atoms with van der Waals surface area (Å²) >= 11 is 0. The molecule has 0 aliphatic rings. The lowest BCUT2D eigenvalue weighted by molar-refractivity contribution is 0.299. The third-order valence-electron chi connectivity index (χ3n) is 2.35. The van der Waals surface area contributed by atoms with Gasteiger partial charge in [-0.05, 0) is 32.0 Å². The van der Waals surface area contributed by atoms with Crippen LogP contribution in [0.3, 0.4) is 0 Å². The minimum absolute atomic E-state index is 0.000422. The number of nitriles is 1. The quantitative estimate of drug-likeness (QED) is 0.846. The summed E-state index contributed by atoms with van der Waals surface area (Å²) < 4.78 is 13.0. The second-order valence-electron chi connectivity index (χ2n) is 3.78. The van der Waals surface area contributed by atoms with Gasteiger partial charge in [-0.25, -0.2) is 4.39 Å². The molecule has 0 aromatic heterocycles. The largest absolute Gasteiger partial charge is 0.395 e. The molecule has 0 saturated carbocycles. The molecule has 1 aromatic rings. The summed E-state index contributed by atoms with van der Waals surface area (Å²) in [7, 11) is 0. The van der Waals surface area contributed by atoms with E-state index in [0.29, 0.717) is 17.8 Å². The number of aliphatic hydroxyl groups is 1. The molecule has 0 amide bonds. The number of hydrogen-bond donors (Lipinski definition) is 1. The Morgan fingerprint density at radius 2 is 2.19 bits per heavy atom. The predicted molar refractivity (Wildman–Crippen MR) is 60.7 cm³/mol. The molecule has 0 spiro atoms. The molecule has 0 radical (unpaired) electrons. The first kappa shape index (κ1) is 12.5. The van der Waals surface area contributed by atoms with E-state index in [9.17, 15) is 4.39 Å². The van der Waals surface area contributed by atoms with Gasteiger partial charge in [0.2, 0.25) is 0 Å². The van der Waals surface area contributed by atoms with E-state index in [1.165, 1.54) is 12.1 Å². The van der Waals surface area contributed by atoms with Crippen LogP contribution in [0.15, 0.2) is 18.2 Å². The van der Waals surface area contributed by atoms with Gasteiger partial charge >= 0.3 is 0 Å². The van der Waals surface area contributed by atoms with Crippen LogP contribution in [0.1, 0.15) is 19.4 Å². The van der Waals surface area contributed by atoms with E-state index in [0.717, 1.165) is 0 Å². The van der Waals surface area contributed by atoms with E-state index in [2.05, 4.69) is 0 Å². The van der Waals surface area contributed by atoms with Crippen LogP contribution in [0.2, 0.25) is 0 Å². The highest BCUT2D eigenvalue weighted by molar-refractivity contribution is 5.59. The van der Waals surface area contributed by atoms with Gasteiger partial charge in [0.1, 0.15) is 11.9 Å². The highest BCUT2D eigenvalue weighted by Crippen LogP contribution is 2.22. The summed E-state index contributed by atoms with van der Waals surface area (Å²) in [4.78, 5) is 1.87. The average molecular weight is 222 g/mol. The summed E-state index contributed by atoms with van der Waals surface area (Å²) in [6.45, 7) is 4.35. The zero-order valence-corrected chi connectivity index (χ0v) is 9.44. The van der Waals surface area contributed by atoms with Gasteiger partial charge in [0.15, 0.2) is 0 Å². The Balaban J connectivity index is 3.14. The Bertz CT molecular complexity index is 398. The Hall–Kier alpha value is -1.60. The number of nitrogens with zero attached hydrogens (tertiary/aromatic N) is 2. The van der Waals surface area contributed by atoms with Gasteiger partial charge in [-0.15, -0.1) is 0 Å². The lowest BCUT2D eigenvalue weighted by atomic mass is 10.1. The molecule has 0 bridgehead atoms. The lowest BCUT2D eigenvalue weighted by Gasteiger charge is -2.29. The first-order chi connectivity index (χ1) is 7.60. The predicted octanol–water partition coefficient (Wildman–Crippen LogP) is 1.90. The molecule has 0 heterocycles. The summed E-state index contributed by atoms with van der Waals surface area (Å²) in [6, 6.07) is 6.22. The van der Waals surface area contributed by atoms with Gasteiger partial charge in [-0.1, -0.05) is 0 Å². The fraction of sp³-hybridized carbons (Fsp3) is 0.417. The van der Waals surface area contributed by atoms with Gasteiger partial charge in [-0.2, -0.15) is 5.26 Å². The van der Waals surface area contributed by atoms with Crippen LogP contribution >= 0.6 is 0 Å². The Labute approximate surface area is 94.7 Å². The zero-order valence-electron chi connectivity index (χ0n) is 9.44. The van der Waals surface area contributed by atoms with Crippen LogP contribution in [0.25, 0.3) is 0 Å². The van der Waals surface area contributed by atoms with Crippen LogP contribution in [-0.4, -0.2) is 24.3 Å². The van der Waals surface area contributed by atoms with Crippen molar-refractivity contribution in [2.24, 2.45) is 0 Å². The number of halogens is 1. The van der Waals surface area contributed by atoms with Gasteiger partial charge in [0.25, 0.3) is 0 Å². The molecule has 0 saturated heterocycles. The zero-order chi connectivity index (χ0) is 12.1. The molecule has 0 unspecified atom stereocenters. The standard InChI is InChI=1S/C12H15FN2O/c1-9(2)15(5-6-16)12-4-3-11(13)7-10(12)8-14/h3-4,7,9,16H,5-6H2,1-2H3. The number of aliphatic hydroxyl groups excluding tert-OH is 1. The molecule has 1 N–H and O–H groups in total. The number of anilines is 1. The van der Waals surface area contributed by atoms with Gasteiger partial charge < -0.3 is 10.0 Å². The minimum atomic E-state index is -0.423. The summed E-state index contributed by atoms with van der Waals surface area (Å²) in [6.07, 6.45) is 0. The van der Waals surface area contributed by atoms with Crippen LogP contribution in [0, 0.1) is 17.1 Å². The topological polar surface area (TPSA) is 47.3 Å². The van der Waals surface area contributed by atoms with Gasteiger partial charge in [0, 0.05) is 12.6 Å². The minimum Gasteiger partial charge on any atom is -0.395 e. The molecule has 1 rings (SSSR count). The maximum Gasteiger partial charge on any atom is 0.124 e. The molecule has 0 atom stereocenters.